The van der Waals surface area contributed by atoms with E-state index in [0.717, 1.165) is 17.4 Å². The molecule has 6 heteroatoms. The van der Waals surface area contributed by atoms with Gasteiger partial charge in [0.2, 0.25) is 5.82 Å². The monoisotopic (exact) mass is 356 g/mol. The fourth-order valence-electron chi connectivity index (χ4n) is 4.40. The van der Waals surface area contributed by atoms with E-state index in [1.165, 1.54) is 25.7 Å². The average Bonchev–Trinajstić information content (AvgIpc) is 3.38. The van der Waals surface area contributed by atoms with E-state index >= 15 is 0 Å². The van der Waals surface area contributed by atoms with Crippen molar-refractivity contribution in [1.82, 2.24) is 10.1 Å². The van der Waals surface area contributed by atoms with Crippen molar-refractivity contribution in [3.63, 3.8) is 0 Å². The minimum Gasteiger partial charge on any atom is -0.493 e. The van der Waals surface area contributed by atoms with Crippen LogP contribution >= 0.6 is 0 Å². The third-order valence-corrected chi connectivity index (χ3v) is 5.57. The number of benzene rings is 1. The van der Waals surface area contributed by atoms with Crippen molar-refractivity contribution in [3.8, 4) is 17.1 Å². The normalized spacial score (nSPS) is 24.0. The molecule has 0 N–H and O–H groups in total. The lowest BCUT2D eigenvalue weighted by Gasteiger charge is -2.20. The zero-order valence-corrected chi connectivity index (χ0v) is 15.0. The molecular formula is C20H24N2O4. The molecule has 0 unspecified atom stereocenters. The summed E-state index contributed by atoms with van der Waals surface area (Å²) in [5.74, 6) is 3.32. The number of carbonyl (C=O) groups is 1. The van der Waals surface area contributed by atoms with E-state index in [-0.39, 0.29) is 12.6 Å². The molecule has 4 rings (SSSR count). The molecule has 0 saturated heterocycles. The molecule has 0 amide bonds. The fraction of sp³-hybridized carbons (Fsp3) is 0.550. The number of hydrogen-bond acceptors (Lipinski definition) is 6. The Bertz CT molecular complexity index is 773. The maximum absolute atomic E-state index is 12.1. The van der Waals surface area contributed by atoms with Gasteiger partial charge in [-0.25, -0.2) is 0 Å². The summed E-state index contributed by atoms with van der Waals surface area (Å²) in [7, 11) is 0. The van der Waals surface area contributed by atoms with E-state index in [1.54, 1.807) is 0 Å². The minimum absolute atomic E-state index is 0.0173. The Morgan fingerprint density at radius 3 is 2.92 bits per heavy atom. The second-order valence-electron chi connectivity index (χ2n) is 7.24. The molecule has 2 aliphatic carbocycles. The Labute approximate surface area is 152 Å². The van der Waals surface area contributed by atoms with Gasteiger partial charge in [-0.15, -0.1) is 0 Å². The van der Waals surface area contributed by atoms with Gasteiger partial charge in [-0.05, 0) is 56.1 Å². The molecule has 138 valence electrons. The first kappa shape index (κ1) is 17.1. The first-order chi connectivity index (χ1) is 12.7. The van der Waals surface area contributed by atoms with Crippen molar-refractivity contribution < 1.29 is 18.8 Å². The van der Waals surface area contributed by atoms with Crippen LogP contribution in [0.2, 0.25) is 0 Å². The number of hydrogen-bond donors (Lipinski definition) is 0. The fourth-order valence-corrected chi connectivity index (χ4v) is 4.40. The highest BCUT2D eigenvalue weighted by Gasteiger charge is 2.40. The molecule has 0 spiro atoms. The number of nitrogens with zero attached hydrogens (tertiary/aromatic N) is 2. The largest absolute Gasteiger partial charge is 0.493 e. The molecule has 2 saturated carbocycles. The Hall–Kier alpha value is -2.37. The predicted octanol–water partition coefficient (Wildman–Crippen LogP) is 4.00. The number of fused-ring (bicyclic) bond motifs is 2. The van der Waals surface area contributed by atoms with Crippen LogP contribution in [0.5, 0.6) is 5.75 Å². The molecule has 2 bridgehead atoms. The second kappa shape index (κ2) is 7.48. The van der Waals surface area contributed by atoms with E-state index in [4.69, 9.17) is 14.0 Å². The van der Waals surface area contributed by atoms with Gasteiger partial charge in [-0.1, -0.05) is 23.7 Å². The molecule has 2 fully saturated rings. The number of carbonyl (C=O) groups excluding carboxylic acids is 1. The van der Waals surface area contributed by atoms with Crippen LogP contribution in [0.15, 0.2) is 28.8 Å². The predicted molar refractivity (Wildman–Crippen MR) is 94.3 cm³/mol. The number of aromatic nitrogens is 2. The molecule has 3 atom stereocenters. The highest BCUT2D eigenvalue weighted by Crippen LogP contribution is 2.49. The summed E-state index contributed by atoms with van der Waals surface area (Å²) in [6.07, 6.45) is 5.59. The van der Waals surface area contributed by atoms with Gasteiger partial charge in [-0.2, -0.15) is 4.98 Å². The number of para-hydroxylation sites is 1. The standard InChI is InChI=1S/C20H24N2O4/c1-2-24-17-6-4-3-5-16(17)20-21-18(26-22-20)12-25-19(23)11-15-10-13-7-8-14(15)9-13/h3-6,13-15H,2,7-12H2,1H3/t13-,14-,15-/m0/s1. The van der Waals surface area contributed by atoms with Crippen LogP contribution in [0.4, 0.5) is 0 Å². The van der Waals surface area contributed by atoms with Crippen molar-refractivity contribution in [2.75, 3.05) is 6.61 Å². The third-order valence-electron chi connectivity index (χ3n) is 5.57. The molecule has 26 heavy (non-hydrogen) atoms. The van der Waals surface area contributed by atoms with Crippen LogP contribution in [0.3, 0.4) is 0 Å². The summed E-state index contributed by atoms with van der Waals surface area (Å²) in [4.78, 5) is 16.5. The summed E-state index contributed by atoms with van der Waals surface area (Å²) in [5.41, 5.74) is 0.762. The van der Waals surface area contributed by atoms with Crippen LogP contribution in [0.1, 0.15) is 44.9 Å². The summed E-state index contributed by atoms with van der Waals surface area (Å²) >= 11 is 0. The van der Waals surface area contributed by atoms with Crippen molar-refractivity contribution in [2.45, 2.75) is 45.6 Å². The molecular weight excluding hydrogens is 332 g/mol. The smallest absolute Gasteiger partial charge is 0.306 e. The summed E-state index contributed by atoms with van der Waals surface area (Å²) in [5, 5.41) is 3.98. The van der Waals surface area contributed by atoms with Gasteiger partial charge in [-0.3, -0.25) is 4.79 Å². The van der Waals surface area contributed by atoms with Gasteiger partial charge in [0.05, 0.1) is 12.2 Å². The van der Waals surface area contributed by atoms with Crippen LogP contribution in [-0.4, -0.2) is 22.7 Å². The van der Waals surface area contributed by atoms with E-state index in [0.29, 0.717) is 36.4 Å². The van der Waals surface area contributed by atoms with Gasteiger partial charge >= 0.3 is 5.97 Å². The Balaban J connectivity index is 1.33. The van der Waals surface area contributed by atoms with E-state index in [9.17, 15) is 4.79 Å². The van der Waals surface area contributed by atoms with E-state index in [2.05, 4.69) is 10.1 Å². The molecule has 1 aromatic carbocycles. The summed E-state index contributed by atoms with van der Waals surface area (Å²) in [6.45, 7) is 2.50. The Kier molecular flexibility index (Phi) is 4.91. The molecule has 0 aliphatic heterocycles. The second-order valence-corrected chi connectivity index (χ2v) is 7.24. The molecule has 0 radical (unpaired) electrons. The Morgan fingerprint density at radius 2 is 2.15 bits per heavy atom. The minimum atomic E-state index is -0.169. The van der Waals surface area contributed by atoms with Crippen molar-refractivity contribution >= 4 is 5.97 Å². The quantitative estimate of drug-likeness (QED) is 0.698. The topological polar surface area (TPSA) is 74.5 Å². The summed E-state index contributed by atoms with van der Waals surface area (Å²) < 4.78 is 16.2. The number of esters is 1. The van der Waals surface area contributed by atoms with Crippen LogP contribution in [-0.2, 0) is 16.1 Å². The van der Waals surface area contributed by atoms with E-state index in [1.807, 2.05) is 31.2 Å². The van der Waals surface area contributed by atoms with Gasteiger partial charge in [0.15, 0.2) is 6.61 Å². The van der Waals surface area contributed by atoms with Crippen LogP contribution < -0.4 is 4.74 Å². The molecule has 2 aliphatic rings. The first-order valence-electron chi connectivity index (χ1n) is 9.43. The first-order valence-corrected chi connectivity index (χ1v) is 9.43. The molecule has 2 aromatic rings. The SMILES string of the molecule is CCOc1ccccc1-c1noc(COC(=O)C[C@@H]2C[C@H]3CC[C@H]2C3)n1. The van der Waals surface area contributed by atoms with Crippen LogP contribution in [0, 0.1) is 17.8 Å². The third kappa shape index (κ3) is 3.59. The number of rotatable bonds is 7. The maximum atomic E-state index is 12.1. The van der Waals surface area contributed by atoms with Gasteiger partial charge in [0, 0.05) is 6.42 Å². The number of ether oxygens (including phenoxy) is 2. The Morgan fingerprint density at radius 1 is 1.27 bits per heavy atom. The van der Waals surface area contributed by atoms with Crippen molar-refractivity contribution in [1.29, 1.82) is 0 Å². The highest BCUT2D eigenvalue weighted by molar-refractivity contribution is 5.69. The average molecular weight is 356 g/mol. The molecule has 1 aromatic heterocycles. The zero-order chi connectivity index (χ0) is 17.9. The van der Waals surface area contributed by atoms with Crippen LogP contribution in [0.25, 0.3) is 11.4 Å². The van der Waals surface area contributed by atoms with Gasteiger partial charge in [0.1, 0.15) is 5.75 Å². The molecule has 1 heterocycles. The lowest BCUT2D eigenvalue weighted by Crippen LogP contribution is -2.17. The van der Waals surface area contributed by atoms with Gasteiger partial charge in [0.25, 0.3) is 5.89 Å². The maximum Gasteiger partial charge on any atom is 0.306 e. The molecule has 6 nitrogen and oxygen atoms in total. The van der Waals surface area contributed by atoms with E-state index < -0.39 is 0 Å². The summed E-state index contributed by atoms with van der Waals surface area (Å²) in [6, 6.07) is 7.53. The lowest BCUT2D eigenvalue weighted by molar-refractivity contribution is -0.147. The zero-order valence-electron chi connectivity index (χ0n) is 15.0. The lowest BCUT2D eigenvalue weighted by atomic mass is 9.86. The van der Waals surface area contributed by atoms with Crippen molar-refractivity contribution in [2.24, 2.45) is 17.8 Å². The van der Waals surface area contributed by atoms with Gasteiger partial charge < -0.3 is 14.0 Å². The highest BCUT2D eigenvalue weighted by atomic mass is 16.6. The van der Waals surface area contributed by atoms with Crippen molar-refractivity contribution in [3.05, 3.63) is 30.2 Å².